The van der Waals surface area contributed by atoms with Crippen molar-refractivity contribution in [2.45, 2.75) is 25.9 Å². The molecule has 0 amide bonds. The predicted molar refractivity (Wildman–Crippen MR) is 71.5 cm³/mol. The summed E-state index contributed by atoms with van der Waals surface area (Å²) in [6, 6.07) is 0. The minimum Gasteiger partial charge on any atom is -0.462 e. The molecule has 5 nitrogen and oxygen atoms in total. The van der Waals surface area contributed by atoms with Gasteiger partial charge in [0.25, 0.3) is 0 Å². The number of esters is 2. The first kappa shape index (κ1) is 13.9. The summed E-state index contributed by atoms with van der Waals surface area (Å²) in [6.07, 6.45) is 1.89. The molecule has 2 saturated carbocycles. The number of likely N-dealkylation sites (N-methyl/N-ethyl adjacent to an activating group) is 1. The number of quaternary nitrogens is 1. The summed E-state index contributed by atoms with van der Waals surface area (Å²) < 4.78 is 11.6. The first-order chi connectivity index (χ1) is 9.43. The van der Waals surface area contributed by atoms with Crippen LogP contribution in [0.15, 0.2) is 0 Å². The van der Waals surface area contributed by atoms with Crippen molar-refractivity contribution in [3.05, 3.63) is 0 Å². The molecule has 0 spiro atoms. The van der Waals surface area contributed by atoms with Crippen LogP contribution in [-0.2, 0) is 19.1 Å². The molecule has 1 aliphatic heterocycles. The smallest absolute Gasteiger partial charge is 0.310 e. The maximum Gasteiger partial charge on any atom is 0.310 e. The Morgan fingerprint density at radius 3 is 2.85 bits per heavy atom. The lowest BCUT2D eigenvalue weighted by Crippen LogP contribution is -2.43. The average Bonchev–Trinajstić information content (AvgIpc) is 2.99. The lowest BCUT2D eigenvalue weighted by Gasteiger charge is -2.28. The Morgan fingerprint density at radius 2 is 2.15 bits per heavy atom. The van der Waals surface area contributed by atoms with E-state index in [2.05, 4.69) is 21.0 Å². The van der Waals surface area contributed by atoms with E-state index >= 15 is 0 Å². The van der Waals surface area contributed by atoms with Gasteiger partial charge in [-0.3, -0.25) is 9.59 Å². The highest BCUT2D eigenvalue weighted by atomic mass is 16.6. The number of hydrogen-bond acceptors (Lipinski definition) is 4. The van der Waals surface area contributed by atoms with E-state index in [9.17, 15) is 9.59 Å². The van der Waals surface area contributed by atoms with Gasteiger partial charge in [-0.1, -0.05) is 0 Å². The summed E-state index contributed by atoms with van der Waals surface area (Å²) in [4.78, 5) is 24.2. The molecule has 2 bridgehead atoms. The highest BCUT2D eigenvalue weighted by Crippen LogP contribution is 2.57. The van der Waals surface area contributed by atoms with Crippen LogP contribution in [0.2, 0.25) is 0 Å². The molecule has 0 aromatic rings. The Balaban J connectivity index is 1.57. The zero-order chi connectivity index (χ0) is 14.5. The Kier molecular flexibility index (Phi) is 3.27. The fourth-order valence-corrected chi connectivity index (χ4v) is 3.97. The second kappa shape index (κ2) is 4.72. The van der Waals surface area contributed by atoms with E-state index in [0.29, 0.717) is 12.5 Å². The average molecular weight is 282 g/mol. The van der Waals surface area contributed by atoms with E-state index in [1.54, 1.807) is 0 Å². The molecule has 0 radical (unpaired) electrons. The number of carbonyl (C=O) groups excluding carboxylic acids is 2. The van der Waals surface area contributed by atoms with Gasteiger partial charge < -0.3 is 14.0 Å². The Bertz CT molecular complexity index is 432. The lowest BCUT2D eigenvalue weighted by molar-refractivity contribution is -0.888. The van der Waals surface area contributed by atoms with E-state index in [1.807, 2.05) is 0 Å². The number of nitrogens with zero attached hydrogens (tertiary/aromatic N) is 1. The molecule has 20 heavy (non-hydrogen) atoms. The van der Waals surface area contributed by atoms with Crippen LogP contribution in [0.5, 0.6) is 0 Å². The number of carbonyl (C=O) groups is 2. The SMILES string of the molecule is CC[N+](C)(C)CCOC(=O)[C@@H]1[C@@H]2C[C@@H]3[C@@H]1C(=O)O[C@@H]3C2. The van der Waals surface area contributed by atoms with Crippen LogP contribution in [0.4, 0.5) is 0 Å². The largest absolute Gasteiger partial charge is 0.462 e. The van der Waals surface area contributed by atoms with Crippen molar-refractivity contribution in [1.82, 2.24) is 0 Å². The molecule has 0 aromatic heterocycles. The minimum absolute atomic E-state index is 0.0808. The molecule has 112 valence electrons. The maximum atomic E-state index is 12.3. The van der Waals surface area contributed by atoms with E-state index in [1.165, 1.54) is 0 Å². The molecule has 3 aliphatic rings. The van der Waals surface area contributed by atoms with Crippen molar-refractivity contribution in [2.75, 3.05) is 33.8 Å². The van der Waals surface area contributed by atoms with Crippen LogP contribution < -0.4 is 0 Å². The molecule has 0 aromatic carbocycles. The molecule has 0 N–H and O–H groups in total. The van der Waals surface area contributed by atoms with E-state index in [4.69, 9.17) is 9.47 Å². The van der Waals surface area contributed by atoms with Gasteiger partial charge in [-0.2, -0.15) is 0 Å². The minimum atomic E-state index is -0.247. The molecule has 5 atom stereocenters. The van der Waals surface area contributed by atoms with Gasteiger partial charge in [0.2, 0.25) is 0 Å². The van der Waals surface area contributed by atoms with Crippen LogP contribution in [0.3, 0.4) is 0 Å². The Morgan fingerprint density at radius 1 is 1.40 bits per heavy atom. The molecule has 5 heteroatoms. The normalized spacial score (nSPS) is 38.1. The van der Waals surface area contributed by atoms with E-state index < -0.39 is 0 Å². The Hall–Kier alpha value is -1.10. The van der Waals surface area contributed by atoms with Gasteiger partial charge in [0.15, 0.2) is 0 Å². The van der Waals surface area contributed by atoms with Gasteiger partial charge in [-0.15, -0.1) is 0 Å². The van der Waals surface area contributed by atoms with Crippen molar-refractivity contribution in [1.29, 1.82) is 0 Å². The fourth-order valence-electron chi connectivity index (χ4n) is 3.97. The number of fused-ring (bicyclic) bond motifs is 1. The van der Waals surface area contributed by atoms with Crippen molar-refractivity contribution in [3.63, 3.8) is 0 Å². The van der Waals surface area contributed by atoms with Crippen LogP contribution in [0, 0.1) is 23.7 Å². The van der Waals surface area contributed by atoms with E-state index in [-0.39, 0.29) is 35.8 Å². The highest BCUT2D eigenvalue weighted by Gasteiger charge is 2.64. The van der Waals surface area contributed by atoms with Gasteiger partial charge in [-0.05, 0) is 25.7 Å². The number of ether oxygens (including phenoxy) is 2. The van der Waals surface area contributed by atoms with Crippen molar-refractivity contribution in [3.8, 4) is 0 Å². The summed E-state index contributed by atoms with van der Waals surface area (Å²) >= 11 is 0. The molecule has 1 heterocycles. The quantitative estimate of drug-likeness (QED) is 0.553. The molecule has 3 fully saturated rings. The highest BCUT2D eigenvalue weighted by molar-refractivity contribution is 5.85. The zero-order valence-corrected chi connectivity index (χ0v) is 12.5. The molecule has 1 saturated heterocycles. The third-order valence-electron chi connectivity index (χ3n) is 5.55. The first-order valence-corrected chi connectivity index (χ1v) is 7.62. The molecular weight excluding hydrogens is 258 g/mol. The maximum absolute atomic E-state index is 12.3. The molecule has 3 rings (SSSR count). The number of hydrogen-bond donors (Lipinski definition) is 0. The van der Waals surface area contributed by atoms with Crippen LogP contribution in [0.1, 0.15) is 19.8 Å². The summed E-state index contributed by atoms with van der Waals surface area (Å²) in [5.74, 6) is -0.263. The van der Waals surface area contributed by atoms with Gasteiger partial charge in [0.1, 0.15) is 19.3 Å². The molecule has 2 aliphatic carbocycles. The Labute approximate surface area is 119 Å². The fraction of sp³-hybridized carbons (Fsp3) is 0.867. The zero-order valence-electron chi connectivity index (χ0n) is 12.5. The predicted octanol–water partition coefficient (Wildman–Crippen LogP) is 0.824. The summed E-state index contributed by atoms with van der Waals surface area (Å²) in [5, 5.41) is 0. The second-order valence-electron chi connectivity index (χ2n) is 7.07. The van der Waals surface area contributed by atoms with Gasteiger partial charge in [0, 0.05) is 5.92 Å². The number of rotatable bonds is 5. The monoisotopic (exact) mass is 282 g/mol. The van der Waals surface area contributed by atoms with Gasteiger partial charge >= 0.3 is 11.9 Å². The second-order valence-corrected chi connectivity index (χ2v) is 7.07. The van der Waals surface area contributed by atoms with E-state index in [0.717, 1.165) is 30.4 Å². The molecular formula is C15H24NO4+. The van der Waals surface area contributed by atoms with Gasteiger partial charge in [0.05, 0.1) is 32.5 Å². The third-order valence-corrected chi connectivity index (χ3v) is 5.55. The van der Waals surface area contributed by atoms with Gasteiger partial charge in [-0.25, -0.2) is 0 Å². The lowest BCUT2D eigenvalue weighted by atomic mass is 9.80. The third kappa shape index (κ3) is 2.12. The summed E-state index contributed by atoms with van der Waals surface area (Å²) in [6.45, 7) is 4.36. The summed E-state index contributed by atoms with van der Waals surface area (Å²) in [7, 11) is 4.23. The van der Waals surface area contributed by atoms with Crippen molar-refractivity contribution in [2.24, 2.45) is 23.7 Å². The molecule has 0 unspecified atom stereocenters. The van der Waals surface area contributed by atoms with Crippen LogP contribution >= 0.6 is 0 Å². The summed E-state index contributed by atoms with van der Waals surface area (Å²) in [5.41, 5.74) is 0. The first-order valence-electron chi connectivity index (χ1n) is 7.62. The standard InChI is InChI=1S/C15H24NO4/c1-4-16(2,3)5-6-19-14(17)12-9-7-10-11(8-9)20-15(18)13(10)12/h9-13H,4-8H2,1-3H3/q+1/t9-,10+,11-,12-,13+/m1/s1. The topological polar surface area (TPSA) is 52.6 Å². The van der Waals surface area contributed by atoms with Crippen LogP contribution in [0.25, 0.3) is 0 Å². The van der Waals surface area contributed by atoms with Crippen molar-refractivity contribution >= 4 is 11.9 Å². The van der Waals surface area contributed by atoms with Crippen LogP contribution in [-0.4, -0.2) is 56.3 Å². The van der Waals surface area contributed by atoms with Crippen molar-refractivity contribution < 1.29 is 23.5 Å².